The molecule has 0 aliphatic rings. The van der Waals surface area contributed by atoms with Crippen molar-refractivity contribution < 1.29 is 24.0 Å². The average molecular weight is 594 g/mol. The average Bonchev–Trinajstić information content (AvgIpc) is 3.83. The summed E-state index contributed by atoms with van der Waals surface area (Å²) in [5, 5.41) is 72.2. The standard InChI is InChI=1S/2C7H4N12O2.H2O/c2*8-4-2(15-20-17-4)3-5(18-21-16-3)10-6-11-13-7-12-9-1-19(7)14-6;/h2*1H,(H2,8,17)(H,10,14,18);1H2. The van der Waals surface area contributed by atoms with Crippen LogP contribution < -0.4 is 22.1 Å². The molecule has 0 saturated heterocycles. The predicted octanol–water partition coefficient (Wildman–Crippen LogP) is -3.48. The Bertz CT molecular complexity index is 1970. The lowest BCUT2D eigenvalue weighted by Gasteiger charge is -1.99. The van der Waals surface area contributed by atoms with E-state index in [0.717, 1.165) is 0 Å². The van der Waals surface area contributed by atoms with Crippen LogP contribution in [0.4, 0.5) is 35.2 Å². The van der Waals surface area contributed by atoms with E-state index < -0.39 is 0 Å². The maximum Gasteiger partial charge on any atom is 0.290 e. The molecule has 8 aromatic rings. The van der Waals surface area contributed by atoms with Crippen molar-refractivity contribution in [2.75, 3.05) is 22.1 Å². The van der Waals surface area contributed by atoms with Gasteiger partial charge in [-0.25, -0.2) is 18.5 Å². The minimum Gasteiger partial charge on any atom is -0.412 e. The molecule has 0 aromatic carbocycles. The smallest absolute Gasteiger partial charge is 0.290 e. The highest BCUT2D eigenvalue weighted by Gasteiger charge is 2.22. The predicted molar refractivity (Wildman–Crippen MR) is 127 cm³/mol. The van der Waals surface area contributed by atoms with E-state index in [1.165, 1.54) is 21.7 Å². The molecule has 0 radical (unpaired) electrons. The molecule has 0 aliphatic heterocycles. The quantitative estimate of drug-likeness (QED) is 0.145. The molecule has 8 heterocycles. The van der Waals surface area contributed by atoms with Crippen LogP contribution in [0.3, 0.4) is 0 Å². The summed E-state index contributed by atoms with van der Waals surface area (Å²) in [6, 6.07) is 0. The van der Waals surface area contributed by atoms with E-state index in [1.54, 1.807) is 0 Å². The van der Waals surface area contributed by atoms with Gasteiger partial charge >= 0.3 is 0 Å². The summed E-state index contributed by atoms with van der Waals surface area (Å²) in [6.07, 6.45) is 2.74. The van der Waals surface area contributed by atoms with Crippen LogP contribution in [0.2, 0.25) is 0 Å². The van der Waals surface area contributed by atoms with Gasteiger partial charge in [-0.15, -0.1) is 51.0 Å². The first kappa shape index (κ1) is 25.8. The van der Waals surface area contributed by atoms with E-state index in [9.17, 15) is 0 Å². The SMILES string of the molecule is Nc1nonc1-c1nonc1Nc1nnc2nncn2n1.Nc1nonc1-c1nonc1Nc1nnc2nncn2n1.O. The fourth-order valence-electron chi connectivity index (χ4n) is 3.03. The third kappa shape index (κ3) is 4.88. The largest absolute Gasteiger partial charge is 0.412 e. The van der Waals surface area contributed by atoms with Crippen LogP contribution in [-0.2, 0) is 0 Å². The van der Waals surface area contributed by atoms with Crippen molar-refractivity contribution in [2.24, 2.45) is 0 Å². The second kappa shape index (κ2) is 10.6. The second-order valence-corrected chi connectivity index (χ2v) is 7.37. The minimum atomic E-state index is 0. The minimum absolute atomic E-state index is 0. The third-order valence-electron chi connectivity index (χ3n) is 4.81. The highest BCUT2D eigenvalue weighted by atomic mass is 16.6. The van der Waals surface area contributed by atoms with Crippen LogP contribution in [0.1, 0.15) is 0 Å². The fourth-order valence-corrected chi connectivity index (χ4v) is 3.03. The Kier molecular flexibility index (Phi) is 6.36. The Morgan fingerprint density at radius 1 is 0.512 bits per heavy atom. The number of nitrogens with one attached hydrogen (secondary N) is 2. The highest BCUT2D eigenvalue weighted by molar-refractivity contribution is 5.76. The lowest BCUT2D eigenvalue weighted by Crippen LogP contribution is -2.05. The van der Waals surface area contributed by atoms with Gasteiger partial charge in [-0.1, -0.05) is 0 Å². The number of aromatic nitrogens is 20. The molecule has 29 nitrogen and oxygen atoms in total. The molecule has 29 heteroatoms. The van der Waals surface area contributed by atoms with Crippen LogP contribution in [0, 0.1) is 0 Å². The third-order valence-corrected chi connectivity index (χ3v) is 4.81. The first-order valence-electron chi connectivity index (χ1n) is 10.8. The van der Waals surface area contributed by atoms with Crippen LogP contribution >= 0.6 is 0 Å². The van der Waals surface area contributed by atoms with Crippen molar-refractivity contribution in [1.82, 2.24) is 101 Å². The summed E-state index contributed by atoms with van der Waals surface area (Å²) in [5.41, 5.74) is 11.9. The molecule has 0 fully saturated rings. The molecular formula is C14H10N24O5. The van der Waals surface area contributed by atoms with Crippen molar-refractivity contribution >= 4 is 46.7 Å². The van der Waals surface area contributed by atoms with E-state index >= 15 is 0 Å². The number of anilines is 6. The van der Waals surface area contributed by atoms with Crippen molar-refractivity contribution in [3.63, 3.8) is 0 Å². The van der Waals surface area contributed by atoms with Gasteiger partial charge in [0.05, 0.1) is 0 Å². The van der Waals surface area contributed by atoms with Crippen molar-refractivity contribution in [2.45, 2.75) is 0 Å². The van der Waals surface area contributed by atoms with Crippen LogP contribution in [-0.4, -0.2) is 107 Å². The molecule has 0 unspecified atom stereocenters. The molecule has 0 spiro atoms. The first-order valence-corrected chi connectivity index (χ1v) is 10.8. The van der Waals surface area contributed by atoms with Crippen molar-refractivity contribution in [3.05, 3.63) is 12.7 Å². The maximum atomic E-state index is 5.59. The molecule has 0 atom stereocenters. The Morgan fingerprint density at radius 3 is 1.35 bits per heavy atom. The van der Waals surface area contributed by atoms with Crippen LogP contribution in [0.5, 0.6) is 0 Å². The fraction of sp³-hybridized carbons (Fsp3) is 0. The van der Waals surface area contributed by atoms with Gasteiger partial charge in [0.15, 0.2) is 34.4 Å². The molecule has 43 heavy (non-hydrogen) atoms. The molecule has 0 aliphatic carbocycles. The van der Waals surface area contributed by atoms with E-state index in [1.807, 2.05) is 0 Å². The van der Waals surface area contributed by atoms with E-state index in [2.05, 4.69) is 121 Å². The monoisotopic (exact) mass is 594 g/mol. The van der Waals surface area contributed by atoms with Crippen molar-refractivity contribution in [1.29, 1.82) is 0 Å². The van der Waals surface area contributed by atoms with Gasteiger partial charge in [0.25, 0.3) is 23.5 Å². The second-order valence-electron chi connectivity index (χ2n) is 7.37. The number of rotatable bonds is 6. The lowest BCUT2D eigenvalue weighted by molar-refractivity contribution is 0.305. The summed E-state index contributed by atoms with van der Waals surface area (Å²) < 4.78 is 20.9. The molecule has 8 N–H and O–H groups in total. The maximum absolute atomic E-state index is 5.59. The molecule has 0 saturated carbocycles. The Morgan fingerprint density at radius 2 is 0.930 bits per heavy atom. The summed E-state index contributed by atoms with van der Waals surface area (Å²) in [6.45, 7) is 0. The van der Waals surface area contributed by atoms with Crippen LogP contribution in [0.25, 0.3) is 34.3 Å². The Hall–Kier alpha value is -7.46. The number of nitrogens with two attached hydrogens (primary N) is 2. The summed E-state index contributed by atoms with van der Waals surface area (Å²) in [4.78, 5) is 0. The topological polar surface area (TPSA) is 401 Å². The summed E-state index contributed by atoms with van der Waals surface area (Å²) in [5.74, 6) is 1.18. The molecule has 0 bridgehead atoms. The Balaban J connectivity index is 0.000000150. The zero-order chi connectivity index (χ0) is 28.5. The van der Waals surface area contributed by atoms with Gasteiger partial charge in [0.1, 0.15) is 12.7 Å². The normalized spacial score (nSPS) is 10.8. The van der Waals surface area contributed by atoms with Gasteiger partial charge in [-0.3, -0.25) is 0 Å². The first-order chi connectivity index (χ1) is 20.6. The van der Waals surface area contributed by atoms with E-state index in [0.29, 0.717) is 0 Å². The van der Waals surface area contributed by atoms with E-state index in [-0.39, 0.29) is 75.0 Å². The van der Waals surface area contributed by atoms with Gasteiger partial charge in [-0.05, 0) is 41.3 Å². The number of fused-ring (bicyclic) bond motifs is 2. The molecule has 0 amide bonds. The zero-order valence-electron chi connectivity index (χ0n) is 20.4. The number of nitrogen functional groups attached to an aromatic ring is 2. The summed E-state index contributed by atoms with van der Waals surface area (Å²) in [7, 11) is 0. The van der Waals surface area contributed by atoms with Crippen molar-refractivity contribution in [3.8, 4) is 22.8 Å². The Labute approximate surface area is 230 Å². The molecule has 8 rings (SSSR count). The van der Waals surface area contributed by atoms with Gasteiger partial charge in [-0.2, -0.15) is 9.03 Å². The molecule has 8 aromatic heterocycles. The number of hydrogen-bond donors (Lipinski definition) is 4. The molecular weight excluding hydrogens is 584 g/mol. The number of hydrogen-bond acceptors (Lipinski definition) is 26. The van der Waals surface area contributed by atoms with E-state index in [4.69, 9.17) is 11.5 Å². The number of nitrogens with zero attached hydrogens (tertiary/aromatic N) is 20. The van der Waals surface area contributed by atoms with Gasteiger partial charge in [0.2, 0.25) is 11.6 Å². The van der Waals surface area contributed by atoms with Gasteiger partial charge < -0.3 is 27.6 Å². The molecule has 216 valence electrons. The van der Waals surface area contributed by atoms with Crippen LogP contribution in [0.15, 0.2) is 31.2 Å². The zero-order valence-corrected chi connectivity index (χ0v) is 20.4. The lowest BCUT2D eigenvalue weighted by atomic mass is 10.3. The summed E-state index contributed by atoms with van der Waals surface area (Å²) >= 11 is 0. The van der Waals surface area contributed by atoms with Gasteiger partial charge in [0, 0.05) is 0 Å². The highest BCUT2D eigenvalue weighted by Crippen LogP contribution is 2.28.